The second-order valence-corrected chi connectivity index (χ2v) is 8.83. The Balaban J connectivity index is 1.63. The van der Waals surface area contributed by atoms with Gasteiger partial charge >= 0.3 is 6.18 Å². The van der Waals surface area contributed by atoms with Gasteiger partial charge in [-0.3, -0.25) is 9.69 Å². The van der Waals surface area contributed by atoms with Gasteiger partial charge in [-0.25, -0.2) is 0 Å². The number of amides is 1. The summed E-state index contributed by atoms with van der Waals surface area (Å²) in [6.45, 7) is 0. The average Bonchev–Trinajstić information content (AvgIpc) is 3.28. The Morgan fingerprint density at radius 2 is 1.81 bits per heavy atom. The van der Waals surface area contributed by atoms with Crippen LogP contribution in [0.5, 0.6) is 0 Å². The summed E-state index contributed by atoms with van der Waals surface area (Å²) in [5.41, 5.74) is -0.228. The van der Waals surface area contributed by atoms with E-state index in [0.29, 0.717) is 27.1 Å². The number of thiocarbonyl (C=S) groups is 1. The molecule has 0 saturated carbocycles. The first-order valence-corrected chi connectivity index (χ1v) is 10.6. The number of nitrogens with zero attached hydrogens (tertiary/aromatic N) is 1. The van der Waals surface area contributed by atoms with E-state index in [9.17, 15) is 18.0 Å². The van der Waals surface area contributed by atoms with E-state index < -0.39 is 17.6 Å². The summed E-state index contributed by atoms with van der Waals surface area (Å²) in [6, 6.07) is 12.9. The summed E-state index contributed by atoms with van der Waals surface area (Å²) in [4.78, 5) is 14.1. The number of alkyl halides is 3. The summed E-state index contributed by atoms with van der Waals surface area (Å²) in [5, 5.41) is 0.708. The Bertz CT molecular complexity index is 1240. The minimum Gasteiger partial charge on any atom is -0.457 e. The molecule has 1 amide bonds. The van der Waals surface area contributed by atoms with Gasteiger partial charge in [-0.1, -0.05) is 59.3 Å². The molecular formula is C21H10Cl2F3NO2S2. The van der Waals surface area contributed by atoms with Crippen LogP contribution in [-0.4, -0.2) is 10.2 Å². The van der Waals surface area contributed by atoms with Gasteiger partial charge in [0.15, 0.2) is 4.32 Å². The Labute approximate surface area is 194 Å². The highest BCUT2D eigenvalue weighted by Crippen LogP contribution is 2.39. The van der Waals surface area contributed by atoms with Crippen LogP contribution in [0, 0.1) is 0 Å². The van der Waals surface area contributed by atoms with Crippen molar-refractivity contribution in [3.63, 3.8) is 0 Å². The molecule has 3 nitrogen and oxygen atoms in total. The van der Waals surface area contributed by atoms with Crippen LogP contribution in [0.25, 0.3) is 17.4 Å². The molecule has 1 fully saturated rings. The number of hydrogen-bond donors (Lipinski definition) is 0. The largest absolute Gasteiger partial charge is 0.457 e. The number of thioether (sulfide) groups is 1. The van der Waals surface area contributed by atoms with E-state index in [1.807, 2.05) is 0 Å². The Morgan fingerprint density at radius 1 is 1.06 bits per heavy atom. The van der Waals surface area contributed by atoms with E-state index in [-0.39, 0.29) is 14.9 Å². The average molecular weight is 500 g/mol. The van der Waals surface area contributed by atoms with Gasteiger partial charge < -0.3 is 4.42 Å². The van der Waals surface area contributed by atoms with E-state index in [2.05, 4.69) is 0 Å². The van der Waals surface area contributed by atoms with Gasteiger partial charge in [0.05, 0.1) is 26.2 Å². The van der Waals surface area contributed by atoms with Gasteiger partial charge in [0.2, 0.25) is 0 Å². The first kappa shape index (κ1) is 22.0. The van der Waals surface area contributed by atoms with Crippen molar-refractivity contribution in [3.05, 3.63) is 80.9 Å². The molecule has 1 aromatic heterocycles. The fourth-order valence-corrected chi connectivity index (χ4v) is 4.58. The molecule has 0 N–H and O–H groups in total. The van der Waals surface area contributed by atoms with Crippen LogP contribution in [0.1, 0.15) is 11.3 Å². The lowest BCUT2D eigenvalue weighted by molar-refractivity contribution is -0.137. The molecule has 1 aliphatic heterocycles. The lowest BCUT2D eigenvalue weighted by Crippen LogP contribution is -2.27. The van der Waals surface area contributed by atoms with Crippen molar-refractivity contribution in [3.8, 4) is 11.3 Å². The summed E-state index contributed by atoms with van der Waals surface area (Å²) in [7, 11) is 0. The number of furan rings is 1. The highest BCUT2D eigenvalue weighted by molar-refractivity contribution is 8.27. The number of benzene rings is 2. The summed E-state index contributed by atoms with van der Waals surface area (Å²) in [5.74, 6) is 0.274. The molecular weight excluding hydrogens is 490 g/mol. The van der Waals surface area contributed by atoms with Crippen molar-refractivity contribution in [2.45, 2.75) is 6.18 Å². The van der Waals surface area contributed by atoms with Crippen molar-refractivity contribution in [2.75, 3.05) is 4.90 Å². The maximum atomic E-state index is 13.0. The zero-order valence-electron chi connectivity index (χ0n) is 15.2. The molecule has 1 saturated heterocycles. The van der Waals surface area contributed by atoms with Crippen LogP contribution < -0.4 is 4.90 Å². The first-order chi connectivity index (χ1) is 14.6. The smallest absolute Gasteiger partial charge is 0.416 e. The summed E-state index contributed by atoms with van der Waals surface area (Å²) in [6.07, 6.45) is -3.05. The zero-order chi connectivity index (χ0) is 22.3. The van der Waals surface area contributed by atoms with Gasteiger partial charge in [-0.15, -0.1) is 0 Å². The normalized spacial score (nSPS) is 15.9. The fourth-order valence-electron chi connectivity index (χ4n) is 2.91. The van der Waals surface area contributed by atoms with Crippen LogP contribution in [0.15, 0.2) is 63.9 Å². The maximum Gasteiger partial charge on any atom is 0.416 e. The third-order valence-electron chi connectivity index (χ3n) is 4.34. The van der Waals surface area contributed by atoms with E-state index in [1.165, 1.54) is 18.2 Å². The lowest BCUT2D eigenvalue weighted by atomic mass is 10.2. The van der Waals surface area contributed by atoms with E-state index in [0.717, 1.165) is 28.8 Å². The van der Waals surface area contributed by atoms with Crippen molar-refractivity contribution in [2.24, 2.45) is 0 Å². The second-order valence-electron chi connectivity index (χ2n) is 6.37. The van der Waals surface area contributed by atoms with Crippen LogP contribution in [0.4, 0.5) is 18.9 Å². The molecule has 31 heavy (non-hydrogen) atoms. The fraction of sp³-hybridized carbons (Fsp3) is 0.0476. The molecule has 0 spiro atoms. The monoisotopic (exact) mass is 499 g/mol. The van der Waals surface area contributed by atoms with Gasteiger partial charge in [0, 0.05) is 11.6 Å². The SMILES string of the molecule is O=C1/C(=C/c2ccc(-c3cccc(Cl)c3Cl)o2)SC(=S)N1c1cccc(C(F)(F)F)c1. The van der Waals surface area contributed by atoms with E-state index in [4.69, 9.17) is 39.8 Å². The topological polar surface area (TPSA) is 33.5 Å². The van der Waals surface area contributed by atoms with E-state index in [1.54, 1.807) is 30.3 Å². The van der Waals surface area contributed by atoms with Crippen molar-refractivity contribution in [1.29, 1.82) is 0 Å². The molecule has 4 rings (SSSR count). The molecule has 0 unspecified atom stereocenters. The van der Waals surface area contributed by atoms with Crippen molar-refractivity contribution >= 4 is 69.2 Å². The minimum absolute atomic E-state index is 0.0477. The summed E-state index contributed by atoms with van der Waals surface area (Å²) < 4.78 is 45.0. The third-order valence-corrected chi connectivity index (χ3v) is 6.46. The lowest BCUT2D eigenvalue weighted by Gasteiger charge is -2.16. The quantitative estimate of drug-likeness (QED) is 0.273. The second kappa shape index (κ2) is 8.35. The molecule has 158 valence electrons. The maximum absolute atomic E-state index is 13.0. The number of carbonyl (C=O) groups excluding carboxylic acids is 1. The molecule has 10 heteroatoms. The van der Waals surface area contributed by atoms with Gasteiger partial charge in [0.1, 0.15) is 11.5 Å². The van der Waals surface area contributed by atoms with Crippen molar-refractivity contribution < 1.29 is 22.4 Å². The van der Waals surface area contributed by atoms with Crippen LogP contribution >= 0.6 is 47.2 Å². The van der Waals surface area contributed by atoms with Crippen LogP contribution in [0.3, 0.4) is 0 Å². The zero-order valence-corrected chi connectivity index (χ0v) is 18.4. The molecule has 0 bridgehead atoms. The van der Waals surface area contributed by atoms with Gasteiger partial charge in [0.25, 0.3) is 5.91 Å². The minimum atomic E-state index is -4.53. The standard InChI is InChI=1S/C21H10Cl2F3NO2S2/c22-15-6-2-5-14(18(15)23)16-8-7-13(29-16)10-17-19(28)27(20(30)31-17)12-4-1-3-11(9-12)21(24,25)26/h1-10H/b17-10-. The highest BCUT2D eigenvalue weighted by atomic mass is 35.5. The number of carbonyl (C=O) groups is 1. The molecule has 1 aliphatic rings. The number of anilines is 1. The van der Waals surface area contributed by atoms with Crippen molar-refractivity contribution in [1.82, 2.24) is 0 Å². The molecule has 0 radical (unpaired) electrons. The molecule has 3 aromatic rings. The Hall–Kier alpha value is -2.26. The number of halogens is 5. The first-order valence-electron chi connectivity index (χ1n) is 8.64. The summed E-state index contributed by atoms with van der Waals surface area (Å²) >= 11 is 18.4. The predicted molar refractivity (Wildman–Crippen MR) is 121 cm³/mol. The third kappa shape index (κ3) is 4.39. The number of hydrogen-bond acceptors (Lipinski definition) is 4. The van der Waals surface area contributed by atoms with Crippen LogP contribution in [-0.2, 0) is 11.0 Å². The molecule has 0 aliphatic carbocycles. The van der Waals surface area contributed by atoms with Gasteiger partial charge in [-0.05, 0) is 42.5 Å². The molecule has 0 atom stereocenters. The Kier molecular flexibility index (Phi) is 5.91. The predicted octanol–water partition coefficient (Wildman–Crippen LogP) is 7.68. The van der Waals surface area contributed by atoms with E-state index >= 15 is 0 Å². The van der Waals surface area contributed by atoms with Gasteiger partial charge in [-0.2, -0.15) is 13.2 Å². The number of rotatable bonds is 3. The molecule has 2 heterocycles. The Morgan fingerprint density at radius 3 is 2.55 bits per heavy atom. The van der Waals surface area contributed by atoms with Crippen LogP contribution in [0.2, 0.25) is 10.0 Å². The molecule has 2 aromatic carbocycles. The highest BCUT2D eigenvalue weighted by Gasteiger charge is 2.36.